The Labute approximate surface area is 116 Å². The average molecular weight is 263 g/mol. The number of benzene rings is 1. The van der Waals surface area contributed by atoms with E-state index in [2.05, 4.69) is 26.1 Å². The molecule has 2 heteroatoms. The zero-order valence-electron chi connectivity index (χ0n) is 12.6. The average Bonchev–Trinajstić information content (AvgIpc) is 2.37. The Morgan fingerprint density at radius 2 is 1.95 bits per heavy atom. The first-order valence-electron chi connectivity index (χ1n) is 7.58. The van der Waals surface area contributed by atoms with Crippen molar-refractivity contribution in [2.75, 3.05) is 6.54 Å². The molecule has 1 N–H and O–H groups in total. The fourth-order valence-electron chi connectivity index (χ4n) is 4.02. The maximum absolute atomic E-state index is 13.3. The van der Waals surface area contributed by atoms with Crippen molar-refractivity contribution >= 4 is 0 Å². The van der Waals surface area contributed by atoms with Crippen LogP contribution in [0.5, 0.6) is 0 Å². The molecule has 1 aromatic carbocycles. The van der Waals surface area contributed by atoms with Gasteiger partial charge >= 0.3 is 0 Å². The molecule has 0 amide bonds. The van der Waals surface area contributed by atoms with Crippen LogP contribution in [0.4, 0.5) is 4.39 Å². The summed E-state index contributed by atoms with van der Waals surface area (Å²) in [7, 11) is 0. The van der Waals surface area contributed by atoms with Crippen LogP contribution in [0.15, 0.2) is 18.2 Å². The SMILES string of the molecule is CCNC1CC(c2ccc(F)cc2C)C1(CC)CC. The van der Waals surface area contributed by atoms with Gasteiger partial charge in [0.05, 0.1) is 0 Å². The van der Waals surface area contributed by atoms with E-state index in [0.717, 1.165) is 12.1 Å². The molecule has 1 saturated carbocycles. The van der Waals surface area contributed by atoms with Crippen LogP contribution in [0.3, 0.4) is 0 Å². The maximum atomic E-state index is 13.3. The molecule has 1 aliphatic carbocycles. The van der Waals surface area contributed by atoms with Crippen LogP contribution in [0.25, 0.3) is 0 Å². The molecule has 0 heterocycles. The Balaban J connectivity index is 2.30. The van der Waals surface area contributed by atoms with E-state index >= 15 is 0 Å². The number of hydrogen-bond donors (Lipinski definition) is 1. The molecule has 19 heavy (non-hydrogen) atoms. The van der Waals surface area contributed by atoms with Gasteiger partial charge in [0, 0.05) is 6.04 Å². The molecule has 0 radical (unpaired) electrons. The second-order valence-corrected chi connectivity index (χ2v) is 5.84. The van der Waals surface area contributed by atoms with Crippen LogP contribution in [-0.4, -0.2) is 12.6 Å². The van der Waals surface area contributed by atoms with Gasteiger partial charge in [-0.15, -0.1) is 0 Å². The van der Waals surface area contributed by atoms with E-state index < -0.39 is 0 Å². The molecular weight excluding hydrogens is 237 g/mol. The normalized spacial score (nSPS) is 25.1. The first kappa shape index (κ1) is 14.5. The molecule has 2 atom stereocenters. The predicted molar refractivity (Wildman–Crippen MR) is 79.0 cm³/mol. The zero-order chi connectivity index (χ0) is 14.0. The Morgan fingerprint density at radius 1 is 1.26 bits per heavy atom. The topological polar surface area (TPSA) is 12.0 Å². The van der Waals surface area contributed by atoms with Gasteiger partial charge in [0.2, 0.25) is 0 Å². The van der Waals surface area contributed by atoms with E-state index in [1.807, 2.05) is 13.0 Å². The highest BCUT2D eigenvalue weighted by atomic mass is 19.1. The number of hydrogen-bond acceptors (Lipinski definition) is 1. The number of rotatable bonds is 5. The lowest BCUT2D eigenvalue weighted by Gasteiger charge is -2.57. The Morgan fingerprint density at radius 3 is 2.47 bits per heavy atom. The number of nitrogens with one attached hydrogen (secondary N) is 1. The fourth-order valence-corrected chi connectivity index (χ4v) is 4.02. The summed E-state index contributed by atoms with van der Waals surface area (Å²) in [6.45, 7) is 9.82. The number of halogens is 1. The van der Waals surface area contributed by atoms with Crippen molar-refractivity contribution in [1.29, 1.82) is 0 Å². The van der Waals surface area contributed by atoms with Gasteiger partial charge in [-0.1, -0.05) is 26.8 Å². The van der Waals surface area contributed by atoms with E-state index in [-0.39, 0.29) is 5.82 Å². The van der Waals surface area contributed by atoms with Crippen LogP contribution in [0, 0.1) is 18.2 Å². The molecule has 1 aromatic rings. The van der Waals surface area contributed by atoms with Crippen molar-refractivity contribution in [3.05, 3.63) is 35.1 Å². The second kappa shape index (κ2) is 5.62. The van der Waals surface area contributed by atoms with E-state index in [4.69, 9.17) is 0 Å². The lowest BCUT2D eigenvalue weighted by molar-refractivity contribution is 0.0207. The molecular formula is C17H26FN. The van der Waals surface area contributed by atoms with Gasteiger partial charge < -0.3 is 5.32 Å². The van der Waals surface area contributed by atoms with Gasteiger partial charge in [-0.3, -0.25) is 0 Å². The minimum absolute atomic E-state index is 0.123. The van der Waals surface area contributed by atoms with Gasteiger partial charge in [0.1, 0.15) is 5.82 Å². The summed E-state index contributed by atoms with van der Waals surface area (Å²) < 4.78 is 13.3. The molecule has 1 aliphatic rings. The molecule has 2 unspecified atom stereocenters. The van der Waals surface area contributed by atoms with Crippen molar-refractivity contribution < 1.29 is 4.39 Å². The molecule has 0 bridgehead atoms. The van der Waals surface area contributed by atoms with E-state index in [1.165, 1.54) is 24.8 Å². The highest BCUT2D eigenvalue weighted by Crippen LogP contribution is 2.57. The second-order valence-electron chi connectivity index (χ2n) is 5.84. The summed E-state index contributed by atoms with van der Waals surface area (Å²) in [5.74, 6) is 0.453. The highest BCUT2D eigenvalue weighted by Gasteiger charge is 2.52. The maximum Gasteiger partial charge on any atom is 0.123 e. The summed E-state index contributed by atoms with van der Waals surface area (Å²) in [6.07, 6.45) is 3.55. The third-order valence-corrected chi connectivity index (χ3v) is 5.23. The van der Waals surface area contributed by atoms with Gasteiger partial charge in [-0.25, -0.2) is 4.39 Å². The Hall–Kier alpha value is -0.890. The van der Waals surface area contributed by atoms with Gasteiger partial charge in [-0.2, -0.15) is 0 Å². The smallest absolute Gasteiger partial charge is 0.123 e. The summed E-state index contributed by atoms with van der Waals surface area (Å²) in [5.41, 5.74) is 2.80. The minimum atomic E-state index is -0.123. The third-order valence-electron chi connectivity index (χ3n) is 5.23. The van der Waals surface area contributed by atoms with Crippen LogP contribution in [0.1, 0.15) is 57.1 Å². The van der Waals surface area contributed by atoms with Crippen molar-refractivity contribution in [1.82, 2.24) is 5.32 Å². The van der Waals surface area contributed by atoms with Crippen LogP contribution in [0.2, 0.25) is 0 Å². The van der Waals surface area contributed by atoms with Crippen molar-refractivity contribution in [3.63, 3.8) is 0 Å². The van der Waals surface area contributed by atoms with Crippen molar-refractivity contribution in [2.45, 2.75) is 58.9 Å². The monoisotopic (exact) mass is 263 g/mol. The summed E-state index contributed by atoms with van der Waals surface area (Å²) in [5, 5.41) is 3.63. The predicted octanol–water partition coefficient (Wildman–Crippen LogP) is 4.41. The standard InChI is InChI=1S/C17H26FN/c1-5-17(6-2)15(11-16(17)19-7-3)14-9-8-13(18)10-12(14)4/h8-10,15-16,19H,5-7,11H2,1-4H3. The zero-order valence-corrected chi connectivity index (χ0v) is 12.6. The summed E-state index contributed by atoms with van der Waals surface area (Å²) in [4.78, 5) is 0. The molecule has 1 fully saturated rings. The fraction of sp³-hybridized carbons (Fsp3) is 0.647. The third kappa shape index (κ3) is 2.31. The molecule has 1 nitrogen and oxygen atoms in total. The quantitative estimate of drug-likeness (QED) is 0.830. The molecule has 0 aromatic heterocycles. The molecule has 0 aliphatic heterocycles. The first-order chi connectivity index (χ1) is 9.08. The Kier molecular flexibility index (Phi) is 4.29. The van der Waals surface area contributed by atoms with Crippen LogP contribution >= 0.6 is 0 Å². The molecule has 0 spiro atoms. The summed E-state index contributed by atoms with van der Waals surface area (Å²) >= 11 is 0. The van der Waals surface area contributed by atoms with Crippen LogP contribution < -0.4 is 5.32 Å². The molecule has 2 rings (SSSR count). The van der Waals surface area contributed by atoms with Gasteiger partial charge in [-0.05, 0) is 67.3 Å². The Bertz CT molecular complexity index is 437. The number of aryl methyl sites for hydroxylation is 1. The van der Waals surface area contributed by atoms with Gasteiger partial charge in [0.15, 0.2) is 0 Å². The van der Waals surface area contributed by atoms with E-state index in [9.17, 15) is 4.39 Å². The summed E-state index contributed by atoms with van der Waals surface area (Å²) in [6, 6.07) is 5.89. The largest absolute Gasteiger partial charge is 0.314 e. The molecule has 0 saturated heterocycles. The van der Waals surface area contributed by atoms with Crippen molar-refractivity contribution in [2.24, 2.45) is 5.41 Å². The lowest BCUT2D eigenvalue weighted by Crippen LogP contribution is -2.58. The van der Waals surface area contributed by atoms with Crippen molar-refractivity contribution in [3.8, 4) is 0 Å². The van der Waals surface area contributed by atoms with Crippen LogP contribution in [-0.2, 0) is 0 Å². The highest BCUT2D eigenvalue weighted by molar-refractivity contribution is 5.35. The van der Waals surface area contributed by atoms with E-state index in [0.29, 0.717) is 17.4 Å². The molecule has 106 valence electrons. The first-order valence-corrected chi connectivity index (χ1v) is 7.58. The van der Waals surface area contributed by atoms with Gasteiger partial charge in [0.25, 0.3) is 0 Å². The minimum Gasteiger partial charge on any atom is -0.314 e. The lowest BCUT2D eigenvalue weighted by atomic mass is 9.51. The van der Waals surface area contributed by atoms with E-state index in [1.54, 1.807) is 12.1 Å².